The van der Waals surface area contributed by atoms with Crippen molar-refractivity contribution in [1.82, 2.24) is 5.32 Å². The molecule has 26 heavy (non-hydrogen) atoms. The van der Waals surface area contributed by atoms with Gasteiger partial charge in [0.2, 0.25) is 0 Å². The van der Waals surface area contributed by atoms with E-state index in [-0.39, 0.29) is 17.4 Å². The van der Waals surface area contributed by atoms with Gasteiger partial charge in [0.1, 0.15) is 5.75 Å². The lowest BCUT2D eigenvalue weighted by atomic mass is 9.86. The van der Waals surface area contributed by atoms with Crippen LogP contribution in [0.3, 0.4) is 0 Å². The second kappa shape index (κ2) is 7.71. The monoisotopic (exact) mass is 373 g/mol. The minimum absolute atomic E-state index is 0.107. The maximum atomic E-state index is 12.7. The maximum Gasteiger partial charge on any atom is 0.264 e. The lowest BCUT2D eigenvalue weighted by molar-refractivity contribution is -0.134. The Morgan fingerprint density at radius 2 is 1.50 bits per heavy atom. The first-order chi connectivity index (χ1) is 12.0. The summed E-state index contributed by atoms with van der Waals surface area (Å²) in [4.78, 5) is 12.7. The highest BCUT2D eigenvalue weighted by Gasteiger charge is 2.31. The van der Waals surface area contributed by atoms with Crippen molar-refractivity contribution in [2.45, 2.75) is 58.6 Å². The number of ether oxygens (including phenoxy) is 1. The maximum absolute atomic E-state index is 12.7. The van der Waals surface area contributed by atoms with E-state index in [1.165, 1.54) is 5.56 Å². The lowest BCUT2D eigenvalue weighted by Crippen LogP contribution is -2.47. The minimum Gasteiger partial charge on any atom is -0.478 e. The van der Waals surface area contributed by atoms with E-state index in [9.17, 15) is 4.79 Å². The summed E-state index contributed by atoms with van der Waals surface area (Å²) in [5.74, 6) is 0.441. The summed E-state index contributed by atoms with van der Waals surface area (Å²) in [5.41, 5.74) is 1.45. The number of benzene rings is 2. The summed E-state index contributed by atoms with van der Waals surface area (Å²) >= 11 is 5.89. The van der Waals surface area contributed by atoms with Crippen molar-refractivity contribution < 1.29 is 9.53 Å². The van der Waals surface area contributed by atoms with Gasteiger partial charge in [0.05, 0.1) is 6.04 Å². The van der Waals surface area contributed by atoms with Crippen molar-refractivity contribution in [2.75, 3.05) is 0 Å². The Bertz CT molecular complexity index is 743. The molecule has 0 heterocycles. The molecule has 1 atom stereocenters. The lowest BCUT2D eigenvalue weighted by Gasteiger charge is -2.27. The van der Waals surface area contributed by atoms with Crippen molar-refractivity contribution >= 4 is 17.5 Å². The van der Waals surface area contributed by atoms with Crippen LogP contribution >= 0.6 is 11.6 Å². The topological polar surface area (TPSA) is 38.3 Å². The molecule has 4 heteroatoms. The van der Waals surface area contributed by atoms with Crippen LogP contribution in [0.25, 0.3) is 0 Å². The zero-order chi connectivity index (χ0) is 19.5. The number of hydrogen-bond donors (Lipinski definition) is 1. The molecule has 0 aliphatic rings. The standard InChI is InChI=1S/C22H28ClNO2/c1-15(16-7-9-17(10-8-16)21(2,3)4)24-20(25)22(5,6)26-19-13-11-18(23)12-14-19/h7-15H,1-6H3,(H,24,25)/t15-/m1/s1. The molecule has 0 aliphatic carbocycles. The van der Waals surface area contributed by atoms with Crippen molar-refractivity contribution in [3.63, 3.8) is 0 Å². The molecule has 0 aromatic heterocycles. The molecule has 1 amide bonds. The van der Waals surface area contributed by atoms with Crippen molar-refractivity contribution in [3.05, 3.63) is 64.7 Å². The van der Waals surface area contributed by atoms with Gasteiger partial charge in [-0.2, -0.15) is 0 Å². The molecule has 1 N–H and O–H groups in total. The first-order valence-electron chi connectivity index (χ1n) is 8.85. The highest BCUT2D eigenvalue weighted by Crippen LogP contribution is 2.25. The third-order valence-corrected chi connectivity index (χ3v) is 4.61. The molecular formula is C22H28ClNO2. The van der Waals surface area contributed by atoms with Crippen LogP contribution in [-0.2, 0) is 10.2 Å². The molecule has 2 aromatic carbocycles. The van der Waals surface area contributed by atoms with E-state index in [4.69, 9.17) is 16.3 Å². The van der Waals surface area contributed by atoms with Crippen LogP contribution in [-0.4, -0.2) is 11.5 Å². The summed E-state index contributed by atoms with van der Waals surface area (Å²) in [6, 6.07) is 15.3. The van der Waals surface area contributed by atoms with Crippen LogP contribution in [0.15, 0.2) is 48.5 Å². The number of halogens is 1. The molecular weight excluding hydrogens is 346 g/mol. The van der Waals surface area contributed by atoms with Crippen molar-refractivity contribution in [1.29, 1.82) is 0 Å². The third kappa shape index (κ3) is 5.25. The number of carbonyl (C=O) groups is 1. The third-order valence-electron chi connectivity index (χ3n) is 4.36. The first-order valence-corrected chi connectivity index (χ1v) is 9.23. The smallest absolute Gasteiger partial charge is 0.264 e. The predicted molar refractivity (Wildman–Crippen MR) is 108 cm³/mol. The fraction of sp³-hybridized carbons (Fsp3) is 0.409. The summed E-state index contributed by atoms with van der Waals surface area (Å²) in [6.07, 6.45) is 0. The van der Waals surface area contributed by atoms with Crippen LogP contribution in [0.2, 0.25) is 5.02 Å². The Labute approximate surface area is 161 Å². The van der Waals surface area contributed by atoms with E-state index in [2.05, 4.69) is 50.4 Å². The molecule has 0 fully saturated rings. The van der Waals surface area contributed by atoms with Gasteiger partial charge in [0.25, 0.3) is 5.91 Å². The molecule has 0 spiro atoms. The van der Waals surface area contributed by atoms with E-state index in [1.807, 2.05) is 6.92 Å². The van der Waals surface area contributed by atoms with Crippen molar-refractivity contribution in [3.8, 4) is 5.75 Å². The average molecular weight is 374 g/mol. The fourth-order valence-corrected chi connectivity index (χ4v) is 2.70. The highest BCUT2D eigenvalue weighted by atomic mass is 35.5. The second-order valence-corrected chi connectivity index (χ2v) is 8.57. The summed E-state index contributed by atoms with van der Waals surface area (Å²) in [5, 5.41) is 3.67. The molecule has 0 unspecified atom stereocenters. The zero-order valence-corrected chi connectivity index (χ0v) is 17.1. The van der Waals surface area contributed by atoms with Crippen LogP contribution in [0.1, 0.15) is 58.7 Å². The van der Waals surface area contributed by atoms with Gasteiger partial charge in [0.15, 0.2) is 5.60 Å². The normalized spacial score (nSPS) is 13.2. The minimum atomic E-state index is -0.993. The Kier molecular flexibility index (Phi) is 6.02. The first kappa shape index (κ1) is 20.3. The number of rotatable bonds is 5. The van der Waals surface area contributed by atoms with Gasteiger partial charge < -0.3 is 10.1 Å². The molecule has 0 saturated heterocycles. The van der Waals surface area contributed by atoms with E-state index in [0.29, 0.717) is 10.8 Å². The SMILES string of the molecule is C[C@@H](NC(=O)C(C)(C)Oc1ccc(Cl)cc1)c1ccc(C(C)(C)C)cc1. The van der Waals surface area contributed by atoms with E-state index in [1.54, 1.807) is 38.1 Å². The largest absolute Gasteiger partial charge is 0.478 e. The number of hydrogen-bond acceptors (Lipinski definition) is 2. The van der Waals surface area contributed by atoms with Gasteiger partial charge in [-0.25, -0.2) is 0 Å². The van der Waals surface area contributed by atoms with E-state index in [0.717, 1.165) is 5.56 Å². The van der Waals surface area contributed by atoms with Gasteiger partial charge in [-0.1, -0.05) is 56.6 Å². The average Bonchev–Trinajstić information content (AvgIpc) is 2.56. The zero-order valence-electron chi connectivity index (χ0n) is 16.4. The van der Waals surface area contributed by atoms with Gasteiger partial charge in [-0.3, -0.25) is 4.79 Å². The number of nitrogens with one attached hydrogen (secondary N) is 1. The summed E-state index contributed by atoms with van der Waals surface area (Å²) in [6.45, 7) is 12.0. The summed E-state index contributed by atoms with van der Waals surface area (Å²) in [7, 11) is 0. The molecule has 0 aliphatic heterocycles. The van der Waals surface area contributed by atoms with Crippen LogP contribution in [0.4, 0.5) is 0 Å². The van der Waals surface area contributed by atoms with Gasteiger partial charge >= 0.3 is 0 Å². The Morgan fingerprint density at radius 1 is 0.962 bits per heavy atom. The molecule has 2 aromatic rings. The highest BCUT2D eigenvalue weighted by molar-refractivity contribution is 6.30. The van der Waals surface area contributed by atoms with Crippen LogP contribution in [0.5, 0.6) is 5.75 Å². The Hall–Kier alpha value is -2.00. The van der Waals surface area contributed by atoms with Gasteiger partial charge in [0, 0.05) is 5.02 Å². The van der Waals surface area contributed by atoms with E-state index >= 15 is 0 Å². The number of amides is 1. The predicted octanol–water partition coefficient (Wildman–Crippen LogP) is 5.67. The fourth-order valence-electron chi connectivity index (χ4n) is 2.57. The van der Waals surface area contributed by atoms with Gasteiger partial charge in [-0.15, -0.1) is 0 Å². The number of carbonyl (C=O) groups excluding carboxylic acids is 1. The second-order valence-electron chi connectivity index (χ2n) is 8.13. The molecule has 2 rings (SSSR count). The van der Waals surface area contributed by atoms with Crippen LogP contribution < -0.4 is 10.1 Å². The molecule has 0 bridgehead atoms. The van der Waals surface area contributed by atoms with Gasteiger partial charge in [-0.05, 0) is 61.6 Å². The Balaban J connectivity index is 2.03. The molecule has 140 valence electrons. The molecule has 3 nitrogen and oxygen atoms in total. The molecule has 0 radical (unpaired) electrons. The van der Waals surface area contributed by atoms with E-state index < -0.39 is 5.60 Å². The van der Waals surface area contributed by atoms with Crippen LogP contribution in [0, 0.1) is 0 Å². The summed E-state index contributed by atoms with van der Waals surface area (Å²) < 4.78 is 5.85. The molecule has 0 saturated carbocycles. The Morgan fingerprint density at radius 3 is 2.00 bits per heavy atom. The quantitative estimate of drug-likeness (QED) is 0.732. The van der Waals surface area contributed by atoms with Crippen molar-refractivity contribution in [2.24, 2.45) is 0 Å².